The van der Waals surface area contributed by atoms with Crippen LogP contribution in [0.4, 0.5) is 0 Å². The highest BCUT2D eigenvalue weighted by Gasteiger charge is 2.12. The molecule has 4 aromatic carbocycles. The van der Waals surface area contributed by atoms with E-state index in [4.69, 9.17) is 16.3 Å². The summed E-state index contributed by atoms with van der Waals surface area (Å²) in [6.45, 7) is 2.33. The Balaban J connectivity index is 1.60. The highest BCUT2D eigenvalue weighted by atomic mass is 79.9. The predicted molar refractivity (Wildman–Crippen MR) is 146 cm³/mol. The lowest BCUT2D eigenvalue weighted by Crippen LogP contribution is -2.22. The van der Waals surface area contributed by atoms with E-state index in [9.17, 15) is 4.79 Å². The number of aromatic nitrogens is 2. The summed E-state index contributed by atoms with van der Waals surface area (Å²) in [5.41, 5.74) is 2.23. The average molecular weight is 547 g/mol. The monoisotopic (exact) mass is 545 g/mol. The van der Waals surface area contributed by atoms with E-state index < -0.39 is 0 Å². The second-order valence-electron chi connectivity index (χ2n) is 8.02. The van der Waals surface area contributed by atoms with Crippen molar-refractivity contribution in [3.63, 3.8) is 0 Å². The van der Waals surface area contributed by atoms with Crippen molar-refractivity contribution < 1.29 is 4.74 Å². The Morgan fingerprint density at radius 3 is 2.63 bits per heavy atom. The summed E-state index contributed by atoms with van der Waals surface area (Å²) < 4.78 is 8.38. The number of hydrogen-bond acceptors (Lipinski definition) is 4. The van der Waals surface area contributed by atoms with E-state index in [1.54, 1.807) is 12.3 Å². The molecule has 0 aliphatic carbocycles. The first kappa shape index (κ1) is 23.3. The molecule has 5 aromatic rings. The lowest BCUT2D eigenvalue weighted by atomic mass is 10.0. The fourth-order valence-corrected chi connectivity index (χ4v) is 4.42. The van der Waals surface area contributed by atoms with Gasteiger partial charge in [0.15, 0.2) is 0 Å². The predicted octanol–water partition coefficient (Wildman–Crippen LogP) is 6.99. The lowest BCUT2D eigenvalue weighted by Gasteiger charge is -2.13. The summed E-state index contributed by atoms with van der Waals surface area (Å²) in [7, 11) is 0. The van der Waals surface area contributed by atoms with E-state index in [1.165, 1.54) is 4.68 Å². The van der Waals surface area contributed by atoms with Crippen LogP contribution in [0.25, 0.3) is 21.7 Å². The Bertz CT molecular complexity index is 1630. The van der Waals surface area contributed by atoms with Gasteiger partial charge in [-0.15, -0.1) is 0 Å². The summed E-state index contributed by atoms with van der Waals surface area (Å²) in [6, 6.07) is 25.0. The fraction of sp³-hybridized carbons (Fsp3) is 0.107. The third-order valence-corrected chi connectivity index (χ3v) is 6.48. The standard InChI is InChI=1S/C28H21BrClN3O2/c1-2-27-32-25-13-10-20(29)15-23(25)28(34)33(27)31-16-24-22-6-4-3-5-19(22)9-14-26(24)35-17-18-7-11-21(30)12-8-18/h3-16H,2,17H2,1H3. The van der Waals surface area contributed by atoms with E-state index >= 15 is 0 Å². The zero-order chi connectivity index (χ0) is 24.4. The van der Waals surface area contributed by atoms with Gasteiger partial charge < -0.3 is 4.74 Å². The Kier molecular flexibility index (Phi) is 6.66. The van der Waals surface area contributed by atoms with Gasteiger partial charge in [0.25, 0.3) is 5.56 Å². The molecule has 0 fully saturated rings. The van der Waals surface area contributed by atoms with Crippen LogP contribution in [-0.4, -0.2) is 15.9 Å². The van der Waals surface area contributed by atoms with Gasteiger partial charge in [-0.2, -0.15) is 9.78 Å². The van der Waals surface area contributed by atoms with Gasteiger partial charge in [-0.25, -0.2) is 4.98 Å². The van der Waals surface area contributed by atoms with Crippen LogP contribution in [0.1, 0.15) is 23.9 Å². The molecular formula is C28H21BrClN3O2. The number of rotatable bonds is 6. The molecule has 0 aliphatic rings. The number of aryl methyl sites for hydroxylation is 1. The minimum absolute atomic E-state index is 0.215. The number of benzene rings is 4. The Hall–Kier alpha value is -3.48. The van der Waals surface area contributed by atoms with E-state index in [0.717, 1.165) is 26.4 Å². The van der Waals surface area contributed by atoms with Crippen LogP contribution >= 0.6 is 27.5 Å². The van der Waals surface area contributed by atoms with Crippen molar-refractivity contribution in [3.8, 4) is 5.75 Å². The zero-order valence-electron chi connectivity index (χ0n) is 18.9. The van der Waals surface area contributed by atoms with Gasteiger partial charge in [-0.3, -0.25) is 4.79 Å². The molecule has 5 rings (SSSR count). The molecule has 5 nitrogen and oxygen atoms in total. The van der Waals surface area contributed by atoms with Gasteiger partial charge in [-0.1, -0.05) is 76.9 Å². The van der Waals surface area contributed by atoms with Crippen molar-refractivity contribution in [1.82, 2.24) is 9.66 Å². The third-order valence-electron chi connectivity index (χ3n) is 5.73. The first-order valence-corrected chi connectivity index (χ1v) is 12.3. The minimum atomic E-state index is -0.215. The van der Waals surface area contributed by atoms with Crippen LogP contribution in [0.3, 0.4) is 0 Å². The molecule has 0 unspecified atom stereocenters. The first-order chi connectivity index (χ1) is 17.0. The summed E-state index contributed by atoms with van der Waals surface area (Å²) >= 11 is 9.45. The van der Waals surface area contributed by atoms with Crippen LogP contribution in [-0.2, 0) is 13.0 Å². The van der Waals surface area contributed by atoms with Crippen LogP contribution < -0.4 is 10.3 Å². The minimum Gasteiger partial charge on any atom is -0.488 e. The maximum absolute atomic E-state index is 13.3. The largest absolute Gasteiger partial charge is 0.488 e. The van der Waals surface area contributed by atoms with Crippen LogP contribution in [0.2, 0.25) is 5.02 Å². The highest BCUT2D eigenvalue weighted by molar-refractivity contribution is 9.10. The second kappa shape index (κ2) is 10.0. The van der Waals surface area contributed by atoms with Crippen LogP contribution in [0.5, 0.6) is 5.75 Å². The maximum atomic E-state index is 13.3. The number of fused-ring (bicyclic) bond motifs is 2. The molecule has 0 aliphatic heterocycles. The summed E-state index contributed by atoms with van der Waals surface area (Å²) in [6.07, 6.45) is 2.25. The second-order valence-corrected chi connectivity index (χ2v) is 9.37. The molecule has 0 radical (unpaired) electrons. The van der Waals surface area contributed by atoms with E-state index in [1.807, 2.05) is 79.7 Å². The van der Waals surface area contributed by atoms with Gasteiger partial charge in [0, 0.05) is 21.5 Å². The Labute approximate surface area is 215 Å². The highest BCUT2D eigenvalue weighted by Crippen LogP contribution is 2.28. The fourth-order valence-electron chi connectivity index (χ4n) is 3.93. The van der Waals surface area contributed by atoms with Crippen molar-refractivity contribution in [1.29, 1.82) is 0 Å². The van der Waals surface area contributed by atoms with Crippen molar-refractivity contribution >= 4 is 55.4 Å². The summed E-state index contributed by atoms with van der Waals surface area (Å²) in [5.74, 6) is 1.26. The van der Waals surface area contributed by atoms with Crippen molar-refractivity contribution in [3.05, 3.63) is 116 Å². The van der Waals surface area contributed by atoms with Gasteiger partial charge in [0.1, 0.15) is 18.2 Å². The SMILES string of the molecule is CCc1nc2ccc(Br)cc2c(=O)n1N=Cc1c(OCc2ccc(Cl)cc2)ccc2ccccc12. The number of hydrogen-bond donors (Lipinski definition) is 0. The Morgan fingerprint density at radius 2 is 1.83 bits per heavy atom. The van der Waals surface area contributed by atoms with E-state index in [-0.39, 0.29) is 5.56 Å². The average Bonchev–Trinajstić information content (AvgIpc) is 2.88. The zero-order valence-corrected chi connectivity index (χ0v) is 21.3. The number of halogens is 2. The molecule has 7 heteroatoms. The maximum Gasteiger partial charge on any atom is 0.282 e. The third kappa shape index (κ3) is 4.85. The van der Waals surface area contributed by atoms with Crippen molar-refractivity contribution in [2.24, 2.45) is 5.10 Å². The summed E-state index contributed by atoms with van der Waals surface area (Å²) in [4.78, 5) is 18.0. The van der Waals surface area contributed by atoms with Crippen molar-refractivity contribution in [2.75, 3.05) is 0 Å². The quantitative estimate of drug-likeness (QED) is 0.216. The Morgan fingerprint density at radius 1 is 1.03 bits per heavy atom. The summed E-state index contributed by atoms with van der Waals surface area (Å²) in [5, 5.41) is 7.83. The molecule has 35 heavy (non-hydrogen) atoms. The van der Waals surface area contributed by atoms with Gasteiger partial charge in [0.2, 0.25) is 0 Å². The molecule has 174 valence electrons. The molecule has 0 saturated heterocycles. The topological polar surface area (TPSA) is 56.5 Å². The molecule has 1 heterocycles. The van der Waals surface area contributed by atoms with E-state index in [2.05, 4.69) is 26.0 Å². The molecule has 0 saturated carbocycles. The number of nitrogens with zero attached hydrogens (tertiary/aromatic N) is 3. The van der Waals surface area contributed by atoms with Crippen LogP contribution in [0.15, 0.2) is 93.2 Å². The normalized spacial score (nSPS) is 11.5. The van der Waals surface area contributed by atoms with Crippen LogP contribution in [0, 0.1) is 0 Å². The molecule has 1 aromatic heterocycles. The smallest absolute Gasteiger partial charge is 0.282 e. The first-order valence-electron chi connectivity index (χ1n) is 11.2. The molecule has 0 amide bonds. The molecule has 0 atom stereocenters. The van der Waals surface area contributed by atoms with Gasteiger partial charge in [0.05, 0.1) is 17.1 Å². The van der Waals surface area contributed by atoms with E-state index in [0.29, 0.717) is 40.5 Å². The molecular weight excluding hydrogens is 526 g/mol. The number of ether oxygens (including phenoxy) is 1. The molecule has 0 spiro atoms. The lowest BCUT2D eigenvalue weighted by molar-refractivity contribution is 0.306. The molecule has 0 N–H and O–H groups in total. The van der Waals surface area contributed by atoms with Gasteiger partial charge >= 0.3 is 0 Å². The van der Waals surface area contributed by atoms with Crippen molar-refractivity contribution in [2.45, 2.75) is 20.0 Å². The van der Waals surface area contributed by atoms with Gasteiger partial charge in [-0.05, 0) is 52.7 Å². The molecule has 0 bridgehead atoms.